The number of hydrogen-bond donors (Lipinski definition) is 1. The maximum Gasteiger partial charge on any atom is 0.226 e. The van der Waals surface area contributed by atoms with Gasteiger partial charge in [-0.05, 0) is 27.7 Å². The van der Waals surface area contributed by atoms with E-state index in [1.54, 1.807) is 10.9 Å². The molecule has 114 valence electrons. The number of nitrogens with one attached hydrogen (secondary N) is 1. The third kappa shape index (κ3) is 3.26. The Hall–Kier alpha value is -1.82. The Morgan fingerprint density at radius 3 is 2.52 bits per heavy atom. The number of aromatic nitrogens is 4. The summed E-state index contributed by atoms with van der Waals surface area (Å²) in [6.07, 6.45) is 2.02. The van der Waals surface area contributed by atoms with Crippen LogP contribution in [-0.4, -0.2) is 25.5 Å². The molecule has 0 radical (unpaired) electrons. The SMILES string of the molecule is CCn1ncc(NC(=O)CCn2nc(C)c(Cl)c2C)c1C. The number of aryl methyl sites for hydroxylation is 3. The van der Waals surface area contributed by atoms with Crippen molar-refractivity contribution in [1.29, 1.82) is 0 Å². The molecule has 2 heterocycles. The summed E-state index contributed by atoms with van der Waals surface area (Å²) in [5.41, 5.74) is 3.39. The second-order valence-electron chi connectivity index (χ2n) is 4.97. The van der Waals surface area contributed by atoms with Gasteiger partial charge < -0.3 is 5.32 Å². The highest BCUT2D eigenvalue weighted by atomic mass is 35.5. The molecule has 0 fully saturated rings. The van der Waals surface area contributed by atoms with Crippen LogP contribution >= 0.6 is 11.6 Å². The van der Waals surface area contributed by atoms with Crippen LogP contribution in [0.5, 0.6) is 0 Å². The van der Waals surface area contributed by atoms with E-state index in [0.29, 0.717) is 18.0 Å². The molecular formula is C14H20ClN5O. The quantitative estimate of drug-likeness (QED) is 0.923. The van der Waals surface area contributed by atoms with Gasteiger partial charge in [0.05, 0.1) is 40.5 Å². The Labute approximate surface area is 129 Å². The van der Waals surface area contributed by atoms with Crippen molar-refractivity contribution in [3.63, 3.8) is 0 Å². The minimum atomic E-state index is -0.0579. The van der Waals surface area contributed by atoms with Crippen LogP contribution in [0.2, 0.25) is 5.02 Å². The predicted octanol–water partition coefficient (Wildman–Crippen LogP) is 2.71. The lowest BCUT2D eigenvalue weighted by Crippen LogP contribution is -2.16. The number of halogens is 1. The summed E-state index contributed by atoms with van der Waals surface area (Å²) in [5.74, 6) is -0.0579. The van der Waals surface area contributed by atoms with E-state index < -0.39 is 0 Å². The second kappa shape index (κ2) is 6.30. The van der Waals surface area contributed by atoms with Gasteiger partial charge in [-0.15, -0.1) is 0 Å². The molecule has 2 aromatic heterocycles. The molecule has 7 heteroatoms. The molecule has 0 bridgehead atoms. The van der Waals surface area contributed by atoms with Crippen molar-refractivity contribution in [2.24, 2.45) is 0 Å². The zero-order valence-electron chi connectivity index (χ0n) is 12.8. The van der Waals surface area contributed by atoms with Crippen molar-refractivity contribution in [1.82, 2.24) is 19.6 Å². The predicted molar refractivity (Wildman–Crippen MR) is 82.6 cm³/mol. The highest BCUT2D eigenvalue weighted by molar-refractivity contribution is 6.31. The van der Waals surface area contributed by atoms with Crippen molar-refractivity contribution in [3.05, 3.63) is 28.3 Å². The first kappa shape index (κ1) is 15.6. The zero-order chi connectivity index (χ0) is 15.6. The molecule has 0 aromatic carbocycles. The summed E-state index contributed by atoms with van der Waals surface area (Å²) in [7, 11) is 0. The fourth-order valence-electron chi connectivity index (χ4n) is 2.20. The normalized spacial score (nSPS) is 10.9. The first-order chi connectivity index (χ1) is 9.93. The van der Waals surface area contributed by atoms with Gasteiger partial charge in [-0.3, -0.25) is 14.2 Å². The summed E-state index contributed by atoms with van der Waals surface area (Å²) in [4.78, 5) is 12.0. The number of amides is 1. The average molecular weight is 310 g/mol. The number of carbonyl (C=O) groups excluding carboxylic acids is 1. The van der Waals surface area contributed by atoms with Crippen LogP contribution < -0.4 is 5.32 Å². The van der Waals surface area contributed by atoms with Crippen LogP contribution in [-0.2, 0) is 17.9 Å². The third-order valence-electron chi connectivity index (χ3n) is 3.52. The van der Waals surface area contributed by atoms with E-state index in [-0.39, 0.29) is 5.91 Å². The van der Waals surface area contributed by atoms with Crippen LogP contribution in [0.25, 0.3) is 0 Å². The van der Waals surface area contributed by atoms with E-state index in [9.17, 15) is 4.79 Å². The Kier molecular flexibility index (Phi) is 4.67. The average Bonchev–Trinajstić information content (AvgIpc) is 2.92. The van der Waals surface area contributed by atoms with Crippen LogP contribution in [0.15, 0.2) is 6.20 Å². The maximum absolute atomic E-state index is 12.0. The molecular weight excluding hydrogens is 290 g/mol. The second-order valence-corrected chi connectivity index (χ2v) is 5.34. The van der Waals surface area contributed by atoms with Gasteiger partial charge in [-0.1, -0.05) is 11.6 Å². The van der Waals surface area contributed by atoms with Gasteiger partial charge >= 0.3 is 0 Å². The van der Waals surface area contributed by atoms with Gasteiger partial charge in [-0.25, -0.2) is 0 Å². The van der Waals surface area contributed by atoms with E-state index in [1.807, 2.05) is 32.4 Å². The highest BCUT2D eigenvalue weighted by Gasteiger charge is 2.12. The lowest BCUT2D eigenvalue weighted by atomic mass is 10.3. The van der Waals surface area contributed by atoms with Crippen LogP contribution in [0.4, 0.5) is 5.69 Å². The third-order valence-corrected chi connectivity index (χ3v) is 4.07. The van der Waals surface area contributed by atoms with Gasteiger partial charge in [0.25, 0.3) is 0 Å². The first-order valence-corrected chi connectivity index (χ1v) is 7.33. The molecule has 0 spiro atoms. The largest absolute Gasteiger partial charge is 0.323 e. The molecule has 21 heavy (non-hydrogen) atoms. The fraction of sp³-hybridized carbons (Fsp3) is 0.500. The lowest BCUT2D eigenvalue weighted by molar-refractivity contribution is -0.116. The molecule has 0 aliphatic heterocycles. The Morgan fingerprint density at radius 1 is 1.29 bits per heavy atom. The molecule has 6 nitrogen and oxygen atoms in total. The molecule has 1 N–H and O–H groups in total. The van der Waals surface area contributed by atoms with Gasteiger partial charge in [-0.2, -0.15) is 10.2 Å². The Morgan fingerprint density at radius 2 is 2.00 bits per heavy atom. The number of rotatable bonds is 5. The van der Waals surface area contributed by atoms with Gasteiger partial charge in [0, 0.05) is 13.0 Å². The first-order valence-electron chi connectivity index (χ1n) is 6.95. The number of hydrogen-bond acceptors (Lipinski definition) is 3. The van der Waals surface area contributed by atoms with Crippen LogP contribution in [0, 0.1) is 20.8 Å². The van der Waals surface area contributed by atoms with Crippen LogP contribution in [0.1, 0.15) is 30.4 Å². The van der Waals surface area contributed by atoms with Crippen molar-refractivity contribution in [3.8, 4) is 0 Å². The minimum Gasteiger partial charge on any atom is -0.323 e. The molecule has 2 aromatic rings. The highest BCUT2D eigenvalue weighted by Crippen LogP contribution is 2.19. The number of anilines is 1. The zero-order valence-corrected chi connectivity index (χ0v) is 13.5. The molecule has 0 aliphatic carbocycles. The molecule has 2 rings (SSSR count). The minimum absolute atomic E-state index is 0.0579. The summed E-state index contributed by atoms with van der Waals surface area (Å²) < 4.78 is 3.61. The van der Waals surface area contributed by atoms with Gasteiger partial charge in [0.1, 0.15) is 0 Å². The van der Waals surface area contributed by atoms with Gasteiger partial charge in [0.2, 0.25) is 5.91 Å². The van der Waals surface area contributed by atoms with Crippen molar-refractivity contribution >= 4 is 23.2 Å². The van der Waals surface area contributed by atoms with E-state index >= 15 is 0 Å². The smallest absolute Gasteiger partial charge is 0.226 e. The monoisotopic (exact) mass is 309 g/mol. The maximum atomic E-state index is 12.0. The van der Waals surface area contributed by atoms with Gasteiger partial charge in [0.15, 0.2) is 0 Å². The van der Waals surface area contributed by atoms with Crippen LogP contribution in [0.3, 0.4) is 0 Å². The van der Waals surface area contributed by atoms with E-state index in [1.165, 1.54) is 0 Å². The summed E-state index contributed by atoms with van der Waals surface area (Å²) in [5, 5.41) is 12.1. The molecule has 0 saturated heterocycles. The molecule has 0 atom stereocenters. The molecule has 1 amide bonds. The Bertz CT molecular complexity index is 659. The molecule has 0 unspecified atom stereocenters. The van der Waals surface area contributed by atoms with Crippen molar-refractivity contribution in [2.75, 3.05) is 5.32 Å². The lowest BCUT2D eigenvalue weighted by Gasteiger charge is -2.06. The standard InChI is InChI=1S/C14H20ClN5O/c1-5-19-10(3)12(8-16-19)17-13(21)6-7-20-11(4)14(15)9(2)18-20/h8H,5-7H2,1-4H3,(H,17,21). The van der Waals surface area contributed by atoms with Crippen molar-refractivity contribution in [2.45, 2.75) is 47.2 Å². The van der Waals surface area contributed by atoms with E-state index in [0.717, 1.165) is 29.3 Å². The summed E-state index contributed by atoms with van der Waals surface area (Å²) in [6.45, 7) is 8.99. The molecule has 0 aliphatic rings. The Balaban J connectivity index is 1.96. The number of nitrogens with zero attached hydrogens (tertiary/aromatic N) is 4. The van der Waals surface area contributed by atoms with E-state index in [2.05, 4.69) is 15.5 Å². The van der Waals surface area contributed by atoms with E-state index in [4.69, 9.17) is 11.6 Å². The topological polar surface area (TPSA) is 64.7 Å². The fourth-order valence-corrected chi connectivity index (χ4v) is 2.34. The molecule has 0 saturated carbocycles. The summed E-state index contributed by atoms with van der Waals surface area (Å²) in [6, 6.07) is 0. The summed E-state index contributed by atoms with van der Waals surface area (Å²) >= 11 is 6.09. The number of carbonyl (C=O) groups is 1. The van der Waals surface area contributed by atoms with Crippen molar-refractivity contribution < 1.29 is 4.79 Å².